The van der Waals surface area contributed by atoms with Gasteiger partial charge in [-0.1, -0.05) is 29.9 Å². The number of aromatic nitrogens is 1. The third-order valence-electron chi connectivity index (χ3n) is 2.83. The molecule has 18 heavy (non-hydrogen) atoms. The quantitative estimate of drug-likeness (QED) is 0.904. The Kier molecular flexibility index (Phi) is 4.93. The fourth-order valence-corrected chi connectivity index (χ4v) is 5.81. The van der Waals surface area contributed by atoms with E-state index < -0.39 is 10.0 Å². The third kappa shape index (κ3) is 3.60. The number of halogens is 1. The number of rotatable bonds is 5. The van der Waals surface area contributed by atoms with Crippen LogP contribution < -0.4 is 4.72 Å². The Morgan fingerprint density at radius 2 is 2.39 bits per heavy atom. The molecule has 0 saturated heterocycles. The molecule has 1 heterocycles. The van der Waals surface area contributed by atoms with Gasteiger partial charge in [0.2, 0.25) is 0 Å². The summed E-state index contributed by atoms with van der Waals surface area (Å²) in [6, 6.07) is 0.0416. The average Bonchev–Trinajstić information content (AvgIpc) is 2.88. The van der Waals surface area contributed by atoms with Crippen LogP contribution in [-0.2, 0) is 10.0 Å². The number of sulfonamides is 1. The monoisotopic (exact) mass is 326 g/mol. The van der Waals surface area contributed by atoms with E-state index in [0.29, 0.717) is 5.25 Å². The second kappa shape index (κ2) is 6.09. The summed E-state index contributed by atoms with van der Waals surface area (Å²) in [4.78, 5) is 3.76. The molecule has 1 N–H and O–H groups in total. The standard InChI is InChI=1S/C10H15ClN2O2S3/c1-2-16-8-4-3-7(5-8)13-18(14,15)9-6-12-10(11)17-9/h6-8,13H,2-5H2,1H3. The van der Waals surface area contributed by atoms with E-state index in [4.69, 9.17) is 11.6 Å². The summed E-state index contributed by atoms with van der Waals surface area (Å²) >= 11 is 8.55. The van der Waals surface area contributed by atoms with Gasteiger partial charge in [-0.25, -0.2) is 18.1 Å². The van der Waals surface area contributed by atoms with E-state index >= 15 is 0 Å². The van der Waals surface area contributed by atoms with Gasteiger partial charge in [0.15, 0.2) is 8.68 Å². The van der Waals surface area contributed by atoms with Gasteiger partial charge in [0.1, 0.15) is 0 Å². The summed E-state index contributed by atoms with van der Waals surface area (Å²) < 4.78 is 27.3. The van der Waals surface area contributed by atoms with E-state index in [9.17, 15) is 8.42 Å². The first-order valence-corrected chi connectivity index (χ1v) is 9.49. The summed E-state index contributed by atoms with van der Waals surface area (Å²) in [7, 11) is -3.45. The Balaban J connectivity index is 1.98. The minimum atomic E-state index is -3.45. The number of thioether (sulfide) groups is 1. The smallest absolute Gasteiger partial charge is 0.232 e. The van der Waals surface area contributed by atoms with Gasteiger partial charge in [0, 0.05) is 11.3 Å². The van der Waals surface area contributed by atoms with Crippen molar-refractivity contribution in [3.63, 3.8) is 0 Å². The van der Waals surface area contributed by atoms with Crippen LogP contribution in [0.4, 0.5) is 0 Å². The van der Waals surface area contributed by atoms with Crippen molar-refractivity contribution in [3.05, 3.63) is 10.7 Å². The van der Waals surface area contributed by atoms with Crippen molar-refractivity contribution >= 4 is 44.7 Å². The zero-order valence-corrected chi connectivity index (χ0v) is 13.1. The predicted molar refractivity (Wildman–Crippen MR) is 77.0 cm³/mol. The van der Waals surface area contributed by atoms with Crippen LogP contribution in [0.5, 0.6) is 0 Å². The molecule has 2 atom stereocenters. The van der Waals surface area contributed by atoms with Crippen LogP contribution >= 0.6 is 34.7 Å². The van der Waals surface area contributed by atoms with Crippen LogP contribution in [0.2, 0.25) is 4.47 Å². The molecule has 1 fully saturated rings. The van der Waals surface area contributed by atoms with E-state index in [1.54, 1.807) is 0 Å². The largest absolute Gasteiger partial charge is 0.251 e. The molecule has 0 spiro atoms. The van der Waals surface area contributed by atoms with Gasteiger partial charge in [-0.2, -0.15) is 11.8 Å². The molecule has 1 aromatic heterocycles. The molecule has 102 valence electrons. The lowest BCUT2D eigenvalue weighted by molar-refractivity contribution is 0.554. The summed E-state index contributed by atoms with van der Waals surface area (Å²) in [6.45, 7) is 2.13. The molecule has 1 aliphatic carbocycles. The zero-order chi connectivity index (χ0) is 13.2. The van der Waals surface area contributed by atoms with Crippen molar-refractivity contribution in [3.8, 4) is 0 Å². The van der Waals surface area contributed by atoms with Crippen LogP contribution in [-0.4, -0.2) is 30.4 Å². The summed E-state index contributed by atoms with van der Waals surface area (Å²) in [5.41, 5.74) is 0. The maximum atomic E-state index is 12.1. The molecular formula is C10H15ClN2O2S3. The Bertz CT molecular complexity index is 503. The Morgan fingerprint density at radius 1 is 1.61 bits per heavy atom. The normalized spacial score (nSPS) is 24.6. The lowest BCUT2D eigenvalue weighted by Gasteiger charge is -2.12. The van der Waals surface area contributed by atoms with Gasteiger partial charge in [-0.3, -0.25) is 0 Å². The lowest BCUT2D eigenvalue weighted by Crippen LogP contribution is -2.32. The molecule has 0 aromatic carbocycles. The van der Waals surface area contributed by atoms with Gasteiger partial charge in [0.25, 0.3) is 10.0 Å². The SMILES string of the molecule is CCSC1CCC(NS(=O)(=O)c2cnc(Cl)s2)C1. The third-order valence-corrected chi connectivity index (χ3v) is 7.16. The molecule has 2 unspecified atom stereocenters. The maximum absolute atomic E-state index is 12.1. The maximum Gasteiger partial charge on any atom is 0.251 e. The average molecular weight is 327 g/mol. The van der Waals surface area contributed by atoms with E-state index in [1.165, 1.54) is 6.20 Å². The topological polar surface area (TPSA) is 59.1 Å². The minimum Gasteiger partial charge on any atom is -0.232 e. The first kappa shape index (κ1) is 14.6. The first-order valence-electron chi connectivity index (χ1n) is 5.76. The highest BCUT2D eigenvalue weighted by molar-refractivity contribution is 7.99. The summed E-state index contributed by atoms with van der Waals surface area (Å²) in [6.07, 6.45) is 4.20. The van der Waals surface area contributed by atoms with Gasteiger partial charge >= 0.3 is 0 Å². The summed E-state index contributed by atoms with van der Waals surface area (Å²) in [5.74, 6) is 1.08. The van der Waals surface area contributed by atoms with Crippen LogP contribution in [0.3, 0.4) is 0 Å². The molecule has 1 saturated carbocycles. The zero-order valence-electron chi connectivity index (χ0n) is 9.93. The van der Waals surface area contributed by atoms with Crippen molar-refractivity contribution < 1.29 is 8.42 Å². The number of hydrogen-bond acceptors (Lipinski definition) is 5. The molecule has 2 rings (SSSR count). The van der Waals surface area contributed by atoms with E-state index in [0.717, 1.165) is 36.4 Å². The molecule has 0 bridgehead atoms. The van der Waals surface area contributed by atoms with E-state index in [-0.39, 0.29) is 14.7 Å². The minimum absolute atomic E-state index is 0.0416. The number of thiazole rings is 1. The van der Waals surface area contributed by atoms with Crippen molar-refractivity contribution in [2.45, 2.75) is 41.7 Å². The van der Waals surface area contributed by atoms with Crippen molar-refractivity contribution in [1.29, 1.82) is 0 Å². The molecule has 1 aromatic rings. The second-order valence-corrected chi connectivity index (χ2v) is 9.27. The molecular weight excluding hydrogens is 312 g/mol. The molecule has 0 radical (unpaired) electrons. The number of hydrogen-bond donors (Lipinski definition) is 1. The highest BCUT2D eigenvalue weighted by Gasteiger charge is 2.29. The summed E-state index contributed by atoms with van der Waals surface area (Å²) in [5, 5.41) is 0.577. The molecule has 4 nitrogen and oxygen atoms in total. The van der Waals surface area contributed by atoms with Gasteiger partial charge < -0.3 is 0 Å². The fourth-order valence-electron chi connectivity index (χ4n) is 2.08. The van der Waals surface area contributed by atoms with E-state index in [2.05, 4.69) is 16.6 Å². The van der Waals surface area contributed by atoms with Crippen molar-refractivity contribution in [1.82, 2.24) is 9.71 Å². The highest BCUT2D eigenvalue weighted by atomic mass is 35.5. The molecule has 0 aliphatic heterocycles. The van der Waals surface area contributed by atoms with Crippen LogP contribution in [0.1, 0.15) is 26.2 Å². The number of nitrogens with one attached hydrogen (secondary N) is 1. The highest BCUT2D eigenvalue weighted by Crippen LogP contribution is 2.31. The Hall–Kier alpha value is 0.180. The lowest BCUT2D eigenvalue weighted by atomic mass is 10.3. The Labute approximate surface area is 121 Å². The van der Waals surface area contributed by atoms with Crippen LogP contribution in [0.25, 0.3) is 0 Å². The second-order valence-electron chi connectivity index (χ2n) is 4.14. The predicted octanol–water partition coefficient (Wildman–Crippen LogP) is 2.75. The number of nitrogens with zero attached hydrogens (tertiary/aromatic N) is 1. The van der Waals surface area contributed by atoms with Gasteiger partial charge in [-0.15, -0.1) is 0 Å². The van der Waals surface area contributed by atoms with Crippen molar-refractivity contribution in [2.24, 2.45) is 0 Å². The first-order chi connectivity index (χ1) is 8.51. The van der Waals surface area contributed by atoms with E-state index in [1.807, 2.05) is 11.8 Å². The molecule has 8 heteroatoms. The van der Waals surface area contributed by atoms with Crippen LogP contribution in [0, 0.1) is 0 Å². The van der Waals surface area contributed by atoms with Gasteiger partial charge in [0.05, 0.1) is 6.20 Å². The van der Waals surface area contributed by atoms with Crippen molar-refractivity contribution in [2.75, 3.05) is 5.75 Å². The molecule has 0 amide bonds. The fraction of sp³-hybridized carbons (Fsp3) is 0.700. The van der Waals surface area contributed by atoms with Gasteiger partial charge in [-0.05, 0) is 25.0 Å². The van der Waals surface area contributed by atoms with Crippen LogP contribution in [0.15, 0.2) is 10.4 Å². The Morgan fingerprint density at radius 3 is 3.00 bits per heavy atom. The molecule has 1 aliphatic rings.